The Labute approximate surface area is 89.1 Å². The maximum Gasteiger partial charge on any atom is 0.107 e. The van der Waals surface area contributed by atoms with Crippen molar-refractivity contribution in [3.63, 3.8) is 0 Å². The lowest BCUT2D eigenvalue weighted by molar-refractivity contribution is 0.303. The van der Waals surface area contributed by atoms with Gasteiger partial charge in [-0.3, -0.25) is 0 Å². The van der Waals surface area contributed by atoms with Gasteiger partial charge >= 0.3 is 0 Å². The molecule has 1 aromatic carbocycles. The minimum Gasteiger partial charge on any atom is -0.197 e. The smallest absolute Gasteiger partial charge is 0.107 e. The largest absolute Gasteiger partial charge is 0.197 e. The average molecular weight is 203 g/mol. The highest BCUT2D eigenvalue weighted by atomic mass is 32.2. The Kier molecular flexibility index (Phi) is 2.52. The molecule has 14 heavy (non-hydrogen) atoms. The van der Waals surface area contributed by atoms with Crippen LogP contribution < -0.4 is 0 Å². The van der Waals surface area contributed by atoms with Crippen molar-refractivity contribution in [2.45, 2.75) is 29.4 Å². The first-order valence-corrected chi connectivity index (χ1v) is 5.71. The van der Waals surface area contributed by atoms with Gasteiger partial charge in [0.2, 0.25) is 0 Å². The highest BCUT2D eigenvalue weighted by Crippen LogP contribution is 2.50. The molecule has 1 aliphatic carbocycles. The van der Waals surface area contributed by atoms with Crippen molar-refractivity contribution >= 4 is 11.8 Å². The second-order valence-corrected chi connectivity index (χ2v) is 5.49. The first kappa shape index (κ1) is 9.61. The molecule has 0 radical (unpaired) electrons. The molecule has 0 bridgehead atoms. The van der Waals surface area contributed by atoms with Crippen molar-refractivity contribution in [3.8, 4) is 6.07 Å². The van der Waals surface area contributed by atoms with E-state index in [0.717, 1.165) is 12.8 Å². The lowest BCUT2D eigenvalue weighted by Gasteiger charge is -2.40. The summed E-state index contributed by atoms with van der Waals surface area (Å²) in [6.07, 6.45) is 2.06. The first-order chi connectivity index (χ1) is 6.74. The van der Waals surface area contributed by atoms with Crippen LogP contribution in [0.3, 0.4) is 0 Å². The molecule has 0 heterocycles. The Hall–Kier alpha value is -0.940. The predicted octanol–water partition coefficient (Wildman–Crippen LogP) is 3.47. The van der Waals surface area contributed by atoms with Gasteiger partial charge in [-0.1, -0.05) is 25.1 Å². The number of hydrogen-bond donors (Lipinski definition) is 0. The van der Waals surface area contributed by atoms with E-state index in [2.05, 4.69) is 25.1 Å². The van der Waals surface area contributed by atoms with Crippen LogP contribution in [0.5, 0.6) is 0 Å². The summed E-state index contributed by atoms with van der Waals surface area (Å²) in [6, 6.07) is 12.7. The third kappa shape index (κ3) is 1.78. The summed E-state index contributed by atoms with van der Waals surface area (Å²) >= 11 is 1.72. The molecule has 1 nitrogen and oxygen atoms in total. The van der Waals surface area contributed by atoms with Crippen LogP contribution in [0.1, 0.15) is 19.8 Å². The number of nitrogens with zero attached hydrogens (tertiary/aromatic N) is 1. The van der Waals surface area contributed by atoms with Gasteiger partial charge in [0, 0.05) is 4.90 Å². The fourth-order valence-electron chi connectivity index (χ4n) is 1.98. The molecule has 0 unspecified atom stereocenters. The van der Waals surface area contributed by atoms with Gasteiger partial charge in [-0.25, -0.2) is 0 Å². The maximum atomic E-state index is 9.14. The average Bonchev–Trinajstić information content (AvgIpc) is 2.16. The minimum absolute atomic E-state index is 0.138. The quantitative estimate of drug-likeness (QED) is 0.735. The van der Waals surface area contributed by atoms with Crippen LogP contribution in [0.15, 0.2) is 35.2 Å². The zero-order valence-electron chi connectivity index (χ0n) is 8.23. The Morgan fingerprint density at radius 3 is 2.50 bits per heavy atom. The summed E-state index contributed by atoms with van der Waals surface area (Å²) in [6.45, 7) is 2.21. The molecule has 0 N–H and O–H groups in total. The molecule has 0 spiro atoms. The Balaban J connectivity index is 2.08. The van der Waals surface area contributed by atoms with Crippen molar-refractivity contribution in [3.05, 3.63) is 30.3 Å². The van der Waals surface area contributed by atoms with Crippen molar-refractivity contribution in [2.24, 2.45) is 5.92 Å². The van der Waals surface area contributed by atoms with Crippen LogP contribution in [0.25, 0.3) is 0 Å². The van der Waals surface area contributed by atoms with E-state index in [1.807, 2.05) is 18.2 Å². The first-order valence-electron chi connectivity index (χ1n) is 4.89. The van der Waals surface area contributed by atoms with Gasteiger partial charge in [0.15, 0.2) is 0 Å². The third-order valence-electron chi connectivity index (χ3n) is 2.62. The zero-order chi connectivity index (χ0) is 10.0. The monoisotopic (exact) mass is 203 g/mol. The summed E-state index contributed by atoms with van der Waals surface area (Å²) in [7, 11) is 0. The molecule has 0 amide bonds. The predicted molar refractivity (Wildman–Crippen MR) is 59.0 cm³/mol. The minimum atomic E-state index is -0.138. The van der Waals surface area contributed by atoms with Crippen molar-refractivity contribution < 1.29 is 0 Å². The number of benzene rings is 1. The zero-order valence-corrected chi connectivity index (χ0v) is 9.05. The third-order valence-corrected chi connectivity index (χ3v) is 3.94. The SMILES string of the molecule is CC1CC(C#N)(Sc2ccccc2)C1. The molecule has 1 aliphatic rings. The molecular formula is C12H13NS. The lowest BCUT2D eigenvalue weighted by Crippen LogP contribution is -2.37. The van der Waals surface area contributed by atoms with E-state index in [1.165, 1.54) is 4.90 Å². The summed E-state index contributed by atoms with van der Waals surface area (Å²) in [4.78, 5) is 1.21. The summed E-state index contributed by atoms with van der Waals surface area (Å²) < 4.78 is -0.138. The number of thioether (sulfide) groups is 1. The van der Waals surface area contributed by atoms with Crippen LogP contribution in [-0.4, -0.2) is 4.75 Å². The van der Waals surface area contributed by atoms with Crippen LogP contribution in [-0.2, 0) is 0 Å². The van der Waals surface area contributed by atoms with E-state index < -0.39 is 0 Å². The van der Waals surface area contributed by atoms with Gasteiger partial charge in [0.1, 0.15) is 4.75 Å². The molecule has 0 saturated heterocycles. The Morgan fingerprint density at radius 2 is 2.00 bits per heavy atom. The van der Waals surface area contributed by atoms with E-state index in [1.54, 1.807) is 11.8 Å². The fraction of sp³-hybridized carbons (Fsp3) is 0.417. The van der Waals surface area contributed by atoms with Gasteiger partial charge in [0.25, 0.3) is 0 Å². The maximum absolute atomic E-state index is 9.14. The molecule has 1 saturated carbocycles. The van der Waals surface area contributed by atoms with Crippen LogP contribution >= 0.6 is 11.8 Å². The van der Waals surface area contributed by atoms with Gasteiger partial charge in [-0.15, -0.1) is 11.8 Å². The number of rotatable bonds is 2. The molecule has 2 heteroatoms. The topological polar surface area (TPSA) is 23.8 Å². The molecule has 0 aliphatic heterocycles. The second kappa shape index (κ2) is 3.67. The molecular weight excluding hydrogens is 190 g/mol. The van der Waals surface area contributed by atoms with Crippen molar-refractivity contribution in [2.75, 3.05) is 0 Å². The van der Waals surface area contributed by atoms with Crippen LogP contribution in [0, 0.1) is 17.2 Å². The Bertz CT molecular complexity index is 346. The highest BCUT2D eigenvalue weighted by Gasteiger charge is 2.43. The summed E-state index contributed by atoms with van der Waals surface area (Å²) in [5.41, 5.74) is 0. The van der Waals surface area contributed by atoms with Crippen LogP contribution in [0.2, 0.25) is 0 Å². The normalized spacial score (nSPS) is 30.4. The highest BCUT2D eigenvalue weighted by molar-refractivity contribution is 8.01. The molecule has 2 rings (SSSR count). The standard InChI is InChI=1S/C12H13NS/c1-10-7-12(8-10,9-13)14-11-5-3-2-4-6-11/h2-6,10H,7-8H2,1H3. The Morgan fingerprint density at radius 1 is 1.36 bits per heavy atom. The lowest BCUT2D eigenvalue weighted by atomic mass is 9.76. The fourth-order valence-corrected chi connectivity index (χ4v) is 3.50. The van der Waals surface area contributed by atoms with Gasteiger partial charge in [-0.2, -0.15) is 5.26 Å². The second-order valence-electron chi connectivity index (χ2n) is 4.03. The van der Waals surface area contributed by atoms with Gasteiger partial charge in [-0.05, 0) is 30.9 Å². The summed E-state index contributed by atoms with van der Waals surface area (Å²) in [5.74, 6) is 0.714. The summed E-state index contributed by atoms with van der Waals surface area (Å²) in [5, 5.41) is 9.14. The molecule has 1 fully saturated rings. The van der Waals surface area contributed by atoms with E-state index in [0.29, 0.717) is 5.92 Å². The molecule has 0 atom stereocenters. The molecule has 1 aromatic rings. The van der Waals surface area contributed by atoms with E-state index in [-0.39, 0.29) is 4.75 Å². The van der Waals surface area contributed by atoms with E-state index >= 15 is 0 Å². The molecule has 72 valence electrons. The number of nitriles is 1. The van der Waals surface area contributed by atoms with Crippen molar-refractivity contribution in [1.82, 2.24) is 0 Å². The van der Waals surface area contributed by atoms with Gasteiger partial charge < -0.3 is 0 Å². The van der Waals surface area contributed by atoms with E-state index in [9.17, 15) is 0 Å². The van der Waals surface area contributed by atoms with Crippen molar-refractivity contribution in [1.29, 1.82) is 5.26 Å². The van der Waals surface area contributed by atoms with Gasteiger partial charge in [0.05, 0.1) is 6.07 Å². The number of hydrogen-bond acceptors (Lipinski definition) is 2. The molecule has 0 aromatic heterocycles. The van der Waals surface area contributed by atoms with E-state index in [4.69, 9.17) is 5.26 Å². The van der Waals surface area contributed by atoms with Crippen LogP contribution in [0.4, 0.5) is 0 Å².